The van der Waals surface area contributed by atoms with Crippen LogP contribution in [0.3, 0.4) is 0 Å². The number of aryl methyl sites for hydroxylation is 1. The van der Waals surface area contributed by atoms with Crippen molar-refractivity contribution in [1.82, 2.24) is 9.78 Å². The zero-order valence-electron chi connectivity index (χ0n) is 12.6. The van der Waals surface area contributed by atoms with Crippen molar-refractivity contribution in [3.05, 3.63) is 27.6 Å². The molecule has 0 radical (unpaired) electrons. The number of hydrogen-bond acceptors (Lipinski definition) is 4. The van der Waals surface area contributed by atoms with Gasteiger partial charge < -0.3 is 10.6 Å². The van der Waals surface area contributed by atoms with Crippen molar-refractivity contribution in [3.63, 3.8) is 0 Å². The summed E-state index contributed by atoms with van der Waals surface area (Å²) < 4.78 is 2.07. The topological polar surface area (TPSA) is 47.1 Å². The fourth-order valence-corrected chi connectivity index (χ4v) is 3.96. The molecule has 0 spiro atoms. The van der Waals surface area contributed by atoms with E-state index in [9.17, 15) is 0 Å². The molecule has 0 saturated heterocycles. The molecule has 1 unspecified atom stereocenters. The maximum absolute atomic E-state index is 6.31. The summed E-state index contributed by atoms with van der Waals surface area (Å²) in [5.41, 5.74) is 9.50. The normalized spacial score (nSPS) is 18.6. The largest absolute Gasteiger partial charge is 0.394 e. The minimum atomic E-state index is 0.317. The molecule has 0 aromatic carbocycles. The Bertz CT molecular complexity index is 626. The van der Waals surface area contributed by atoms with Gasteiger partial charge in [0.15, 0.2) is 5.82 Å². The van der Waals surface area contributed by atoms with Gasteiger partial charge in [0.1, 0.15) is 0 Å². The third-order valence-electron chi connectivity index (χ3n) is 4.14. The number of fused-ring (bicyclic) bond motifs is 1. The molecule has 0 aliphatic carbocycles. The van der Waals surface area contributed by atoms with Crippen molar-refractivity contribution >= 4 is 22.8 Å². The summed E-state index contributed by atoms with van der Waals surface area (Å²) in [6, 6.07) is 2.92. The molecule has 108 valence electrons. The van der Waals surface area contributed by atoms with Gasteiger partial charge in [-0.2, -0.15) is 5.10 Å². The highest BCUT2D eigenvalue weighted by atomic mass is 32.1. The Morgan fingerprint density at radius 1 is 1.45 bits per heavy atom. The summed E-state index contributed by atoms with van der Waals surface area (Å²) in [4.78, 5) is 3.92. The number of nitrogen functional groups attached to an aromatic ring is 1. The van der Waals surface area contributed by atoms with E-state index in [1.807, 2.05) is 18.3 Å². The molecule has 20 heavy (non-hydrogen) atoms. The zero-order valence-corrected chi connectivity index (χ0v) is 13.4. The smallest absolute Gasteiger partial charge is 0.151 e. The first-order valence-electron chi connectivity index (χ1n) is 7.18. The first-order chi connectivity index (χ1) is 9.50. The van der Waals surface area contributed by atoms with Crippen LogP contribution in [0, 0.1) is 6.92 Å². The Morgan fingerprint density at radius 2 is 2.20 bits per heavy atom. The molecule has 5 heteroatoms. The highest BCUT2D eigenvalue weighted by Crippen LogP contribution is 2.39. The molecule has 1 aliphatic rings. The summed E-state index contributed by atoms with van der Waals surface area (Å²) >= 11 is 1.87. The van der Waals surface area contributed by atoms with E-state index >= 15 is 0 Å². The highest BCUT2D eigenvalue weighted by molar-refractivity contribution is 7.10. The number of nitrogens with two attached hydrogens (primary N) is 1. The summed E-state index contributed by atoms with van der Waals surface area (Å²) in [6.07, 6.45) is 1.10. The van der Waals surface area contributed by atoms with Gasteiger partial charge in [-0.15, -0.1) is 11.3 Å². The van der Waals surface area contributed by atoms with Gasteiger partial charge in [0, 0.05) is 17.5 Å². The van der Waals surface area contributed by atoms with E-state index in [-0.39, 0.29) is 0 Å². The van der Waals surface area contributed by atoms with Crippen molar-refractivity contribution in [1.29, 1.82) is 0 Å². The second kappa shape index (κ2) is 4.81. The molecule has 1 atom stereocenters. The first-order valence-corrected chi connectivity index (χ1v) is 8.06. The van der Waals surface area contributed by atoms with E-state index < -0.39 is 0 Å². The van der Waals surface area contributed by atoms with Crippen LogP contribution in [0.5, 0.6) is 0 Å². The van der Waals surface area contributed by atoms with Gasteiger partial charge in [0.25, 0.3) is 0 Å². The highest BCUT2D eigenvalue weighted by Gasteiger charge is 2.30. The maximum Gasteiger partial charge on any atom is 0.151 e. The third-order valence-corrected chi connectivity index (χ3v) is 5.14. The number of aromatic nitrogens is 2. The van der Waals surface area contributed by atoms with Gasteiger partial charge in [-0.25, -0.2) is 4.68 Å². The van der Waals surface area contributed by atoms with Crippen LogP contribution in [0.15, 0.2) is 11.4 Å². The lowest BCUT2D eigenvalue weighted by atomic mass is 10.0. The van der Waals surface area contributed by atoms with Gasteiger partial charge in [-0.05, 0) is 51.1 Å². The lowest BCUT2D eigenvalue weighted by Crippen LogP contribution is -2.35. The Kier molecular flexibility index (Phi) is 3.24. The van der Waals surface area contributed by atoms with Crippen LogP contribution in [0.2, 0.25) is 0 Å². The lowest BCUT2D eigenvalue weighted by molar-refractivity contribution is 0.506. The Morgan fingerprint density at radius 3 is 2.90 bits per heavy atom. The van der Waals surface area contributed by atoms with Crippen molar-refractivity contribution in [3.8, 4) is 0 Å². The second-order valence-electron chi connectivity index (χ2n) is 5.78. The first kappa shape index (κ1) is 13.5. The SMILES string of the molecule is Cc1nn(C(C)C)c(N2CCc3sccc3C2C)c1N. The molecule has 3 rings (SSSR count). The quantitative estimate of drug-likeness (QED) is 0.920. The third kappa shape index (κ3) is 1.92. The van der Waals surface area contributed by atoms with Crippen LogP contribution >= 0.6 is 11.3 Å². The van der Waals surface area contributed by atoms with Crippen LogP contribution in [0.4, 0.5) is 11.5 Å². The monoisotopic (exact) mass is 290 g/mol. The van der Waals surface area contributed by atoms with Gasteiger partial charge in [0.05, 0.1) is 17.4 Å². The van der Waals surface area contributed by atoms with Gasteiger partial charge in [-0.1, -0.05) is 0 Å². The minimum absolute atomic E-state index is 0.317. The molecule has 1 aliphatic heterocycles. The lowest BCUT2D eigenvalue weighted by Gasteiger charge is -2.36. The van der Waals surface area contributed by atoms with E-state index in [2.05, 4.69) is 46.9 Å². The molecular formula is C15H22N4S. The van der Waals surface area contributed by atoms with Crippen molar-refractivity contribution in [2.45, 2.75) is 46.2 Å². The van der Waals surface area contributed by atoms with Crippen molar-refractivity contribution < 1.29 is 0 Å². The van der Waals surface area contributed by atoms with Gasteiger partial charge >= 0.3 is 0 Å². The van der Waals surface area contributed by atoms with E-state index in [0.29, 0.717) is 12.1 Å². The van der Waals surface area contributed by atoms with Gasteiger partial charge in [-0.3, -0.25) is 0 Å². The number of rotatable bonds is 2. The summed E-state index contributed by atoms with van der Waals surface area (Å²) in [7, 11) is 0. The second-order valence-corrected chi connectivity index (χ2v) is 6.78. The average molecular weight is 290 g/mol. The maximum atomic E-state index is 6.31. The molecular weight excluding hydrogens is 268 g/mol. The fourth-order valence-electron chi connectivity index (χ4n) is 2.99. The molecule has 0 amide bonds. The standard InChI is InChI=1S/C15H22N4S/c1-9(2)19-15(14(16)10(3)17-19)18-7-5-13-12(11(18)4)6-8-20-13/h6,8-9,11H,5,7,16H2,1-4H3. The summed E-state index contributed by atoms with van der Waals surface area (Å²) in [5, 5.41) is 6.81. The molecule has 2 aromatic rings. The Balaban J connectivity index is 2.06. The number of anilines is 2. The van der Waals surface area contributed by atoms with Crippen LogP contribution < -0.4 is 10.6 Å². The van der Waals surface area contributed by atoms with E-state index in [1.165, 1.54) is 10.4 Å². The molecule has 0 saturated carbocycles. The van der Waals surface area contributed by atoms with E-state index in [4.69, 9.17) is 5.73 Å². The van der Waals surface area contributed by atoms with Crippen LogP contribution in [0.25, 0.3) is 0 Å². The minimum Gasteiger partial charge on any atom is -0.394 e. The molecule has 2 N–H and O–H groups in total. The molecule has 0 fully saturated rings. The predicted molar refractivity (Wildman–Crippen MR) is 85.5 cm³/mol. The van der Waals surface area contributed by atoms with Crippen molar-refractivity contribution in [2.75, 3.05) is 17.2 Å². The summed E-state index contributed by atoms with van der Waals surface area (Å²) in [6.45, 7) is 9.57. The van der Waals surface area contributed by atoms with Crippen LogP contribution in [-0.4, -0.2) is 16.3 Å². The molecule has 3 heterocycles. The van der Waals surface area contributed by atoms with Crippen LogP contribution in [-0.2, 0) is 6.42 Å². The zero-order chi connectivity index (χ0) is 14.4. The Hall–Kier alpha value is -1.49. The number of hydrogen-bond donors (Lipinski definition) is 1. The molecule has 2 aromatic heterocycles. The van der Waals surface area contributed by atoms with Gasteiger partial charge in [0.2, 0.25) is 0 Å². The fraction of sp³-hybridized carbons (Fsp3) is 0.533. The van der Waals surface area contributed by atoms with Crippen LogP contribution in [0.1, 0.15) is 49.0 Å². The average Bonchev–Trinajstić information content (AvgIpc) is 2.98. The molecule has 4 nitrogen and oxygen atoms in total. The number of nitrogens with zero attached hydrogens (tertiary/aromatic N) is 3. The summed E-state index contributed by atoms with van der Waals surface area (Å²) in [5.74, 6) is 1.09. The van der Waals surface area contributed by atoms with Crippen molar-refractivity contribution in [2.24, 2.45) is 0 Å². The van der Waals surface area contributed by atoms with E-state index in [1.54, 1.807) is 0 Å². The molecule has 0 bridgehead atoms. The predicted octanol–water partition coefficient (Wildman–Crippen LogP) is 3.54. The van der Waals surface area contributed by atoms with E-state index in [0.717, 1.165) is 30.2 Å². The number of thiophene rings is 1. The Labute approximate surface area is 124 Å².